The molecule has 0 heterocycles. The van der Waals surface area contributed by atoms with Crippen molar-refractivity contribution in [1.82, 2.24) is 5.32 Å². The second-order valence-corrected chi connectivity index (χ2v) is 4.90. The molecule has 0 saturated heterocycles. The molecule has 15 heavy (non-hydrogen) atoms. The molecule has 2 N–H and O–H groups in total. The molecule has 2 atom stereocenters. The molecule has 0 amide bonds. The maximum absolute atomic E-state index is 9.89. The third kappa shape index (κ3) is 4.52. The molecule has 2 heteroatoms. The lowest BCUT2D eigenvalue weighted by atomic mass is 9.91. The van der Waals surface area contributed by atoms with Gasteiger partial charge < -0.3 is 10.4 Å². The first-order chi connectivity index (χ1) is 7.27. The first-order valence-corrected chi connectivity index (χ1v) is 6.72. The van der Waals surface area contributed by atoms with Crippen LogP contribution in [0.15, 0.2) is 0 Å². The van der Waals surface area contributed by atoms with Crippen LogP contribution in [0.1, 0.15) is 65.2 Å². The van der Waals surface area contributed by atoms with E-state index in [2.05, 4.69) is 19.2 Å². The Balaban J connectivity index is 2.33. The second-order valence-electron chi connectivity index (χ2n) is 4.90. The molecule has 1 aliphatic rings. The van der Waals surface area contributed by atoms with E-state index in [1.54, 1.807) is 0 Å². The molecule has 0 radical (unpaired) electrons. The summed E-state index contributed by atoms with van der Waals surface area (Å²) >= 11 is 0. The highest BCUT2D eigenvalue weighted by molar-refractivity contribution is 4.83. The molecule has 2 nitrogen and oxygen atoms in total. The molecule has 0 aromatic rings. The van der Waals surface area contributed by atoms with Crippen LogP contribution < -0.4 is 5.32 Å². The van der Waals surface area contributed by atoms with Crippen LogP contribution in [-0.4, -0.2) is 23.3 Å². The molecule has 0 unspecified atom stereocenters. The number of hydrogen-bond acceptors (Lipinski definition) is 2. The van der Waals surface area contributed by atoms with Gasteiger partial charge >= 0.3 is 0 Å². The molecule has 90 valence electrons. The van der Waals surface area contributed by atoms with Crippen LogP contribution in [0.4, 0.5) is 0 Å². The summed E-state index contributed by atoms with van der Waals surface area (Å²) in [6.07, 6.45) is 9.49. The van der Waals surface area contributed by atoms with Crippen molar-refractivity contribution in [3.05, 3.63) is 0 Å². The van der Waals surface area contributed by atoms with Crippen molar-refractivity contribution < 1.29 is 5.11 Å². The van der Waals surface area contributed by atoms with E-state index in [4.69, 9.17) is 0 Å². The summed E-state index contributed by atoms with van der Waals surface area (Å²) in [6, 6.07) is 0.986. The Morgan fingerprint density at radius 2 is 1.73 bits per heavy atom. The van der Waals surface area contributed by atoms with E-state index >= 15 is 0 Å². The highest BCUT2D eigenvalue weighted by atomic mass is 16.3. The number of nitrogens with one attached hydrogen (secondary N) is 1. The second kappa shape index (κ2) is 7.24. The lowest BCUT2D eigenvalue weighted by molar-refractivity contribution is 0.0832. The monoisotopic (exact) mass is 213 g/mol. The number of rotatable bonds is 6. The molecular formula is C13H27NO. The number of hydrogen-bond donors (Lipinski definition) is 2. The van der Waals surface area contributed by atoms with Gasteiger partial charge in [0.2, 0.25) is 0 Å². The van der Waals surface area contributed by atoms with Crippen molar-refractivity contribution in [1.29, 1.82) is 0 Å². The number of aliphatic hydroxyl groups is 1. The average molecular weight is 213 g/mol. The fourth-order valence-corrected chi connectivity index (χ4v) is 2.62. The van der Waals surface area contributed by atoms with E-state index in [9.17, 15) is 5.11 Å². The predicted octanol–water partition coefficient (Wildman–Crippen LogP) is 2.85. The van der Waals surface area contributed by atoms with Gasteiger partial charge in [0.15, 0.2) is 0 Å². The lowest BCUT2D eigenvalue weighted by Gasteiger charge is -2.32. The van der Waals surface area contributed by atoms with E-state index in [1.807, 2.05) is 0 Å². The van der Waals surface area contributed by atoms with Crippen LogP contribution in [0, 0.1) is 0 Å². The molecule has 1 rings (SSSR count). The van der Waals surface area contributed by atoms with Crippen molar-refractivity contribution in [2.75, 3.05) is 0 Å². The van der Waals surface area contributed by atoms with Gasteiger partial charge in [0.1, 0.15) is 0 Å². The first kappa shape index (κ1) is 13.0. The fraction of sp³-hybridized carbons (Fsp3) is 1.00. The van der Waals surface area contributed by atoms with Gasteiger partial charge in [0.25, 0.3) is 0 Å². The quantitative estimate of drug-likeness (QED) is 0.711. The van der Waals surface area contributed by atoms with Gasteiger partial charge in [0, 0.05) is 12.1 Å². The molecule has 1 saturated carbocycles. The Morgan fingerprint density at radius 1 is 1.13 bits per heavy atom. The zero-order valence-electron chi connectivity index (χ0n) is 10.3. The SMILES string of the molecule is CCCC(CCC)N[C@H]1CCCC[C@@H]1O. The van der Waals surface area contributed by atoms with Crippen LogP contribution in [0.2, 0.25) is 0 Å². The van der Waals surface area contributed by atoms with Gasteiger partial charge in [-0.3, -0.25) is 0 Å². The van der Waals surface area contributed by atoms with Crippen molar-refractivity contribution in [2.24, 2.45) is 0 Å². The van der Waals surface area contributed by atoms with Crippen LogP contribution in [-0.2, 0) is 0 Å². The van der Waals surface area contributed by atoms with E-state index in [-0.39, 0.29) is 6.10 Å². The van der Waals surface area contributed by atoms with Gasteiger partial charge in [-0.1, -0.05) is 39.5 Å². The molecular weight excluding hydrogens is 186 g/mol. The van der Waals surface area contributed by atoms with E-state index in [0.717, 1.165) is 12.8 Å². The standard InChI is InChI=1S/C13H27NO/c1-3-7-11(8-4-2)14-12-9-5-6-10-13(12)15/h11-15H,3-10H2,1-2H3/t12-,13-/m0/s1. The summed E-state index contributed by atoms with van der Waals surface area (Å²) in [4.78, 5) is 0. The topological polar surface area (TPSA) is 32.3 Å². The zero-order valence-corrected chi connectivity index (χ0v) is 10.3. The summed E-state index contributed by atoms with van der Waals surface area (Å²) in [6.45, 7) is 4.48. The summed E-state index contributed by atoms with van der Waals surface area (Å²) in [5.41, 5.74) is 0. The van der Waals surface area contributed by atoms with Gasteiger partial charge in [-0.25, -0.2) is 0 Å². The van der Waals surface area contributed by atoms with Gasteiger partial charge in [0.05, 0.1) is 6.10 Å². The minimum atomic E-state index is -0.102. The molecule has 0 spiro atoms. The average Bonchev–Trinajstić information content (AvgIpc) is 2.22. The Morgan fingerprint density at radius 3 is 2.27 bits per heavy atom. The highest BCUT2D eigenvalue weighted by Crippen LogP contribution is 2.20. The van der Waals surface area contributed by atoms with Crippen molar-refractivity contribution in [3.63, 3.8) is 0 Å². The van der Waals surface area contributed by atoms with Gasteiger partial charge in [-0.2, -0.15) is 0 Å². The molecule has 1 aliphatic carbocycles. The minimum absolute atomic E-state index is 0.102. The maximum atomic E-state index is 9.89. The Hall–Kier alpha value is -0.0800. The van der Waals surface area contributed by atoms with Crippen LogP contribution in [0.25, 0.3) is 0 Å². The highest BCUT2D eigenvalue weighted by Gasteiger charge is 2.24. The number of aliphatic hydroxyl groups excluding tert-OH is 1. The summed E-state index contributed by atoms with van der Waals surface area (Å²) in [7, 11) is 0. The minimum Gasteiger partial charge on any atom is -0.392 e. The van der Waals surface area contributed by atoms with Crippen molar-refractivity contribution >= 4 is 0 Å². The van der Waals surface area contributed by atoms with Gasteiger partial charge in [-0.15, -0.1) is 0 Å². The fourth-order valence-electron chi connectivity index (χ4n) is 2.62. The lowest BCUT2D eigenvalue weighted by Crippen LogP contribution is -2.47. The van der Waals surface area contributed by atoms with Crippen molar-refractivity contribution in [2.45, 2.75) is 83.4 Å². The van der Waals surface area contributed by atoms with Crippen LogP contribution in [0.3, 0.4) is 0 Å². The summed E-state index contributed by atoms with van der Waals surface area (Å²) < 4.78 is 0. The third-order valence-corrected chi connectivity index (χ3v) is 3.45. The Labute approximate surface area is 94.5 Å². The summed E-state index contributed by atoms with van der Waals surface area (Å²) in [5.74, 6) is 0. The van der Waals surface area contributed by atoms with Crippen molar-refractivity contribution in [3.8, 4) is 0 Å². The Kier molecular flexibility index (Phi) is 6.26. The molecule has 0 aromatic carbocycles. The Bertz CT molecular complexity index is 155. The van der Waals surface area contributed by atoms with E-state index < -0.39 is 0 Å². The predicted molar refractivity (Wildman–Crippen MR) is 65.0 cm³/mol. The molecule has 0 aromatic heterocycles. The van der Waals surface area contributed by atoms with Gasteiger partial charge in [-0.05, 0) is 25.7 Å². The zero-order chi connectivity index (χ0) is 11.1. The maximum Gasteiger partial charge on any atom is 0.0693 e. The molecule has 0 aliphatic heterocycles. The smallest absolute Gasteiger partial charge is 0.0693 e. The summed E-state index contributed by atoms with van der Waals surface area (Å²) in [5, 5.41) is 13.5. The molecule has 0 bridgehead atoms. The normalized spacial score (nSPS) is 27.2. The van der Waals surface area contributed by atoms with E-state index in [0.29, 0.717) is 12.1 Å². The van der Waals surface area contributed by atoms with Crippen LogP contribution >= 0.6 is 0 Å². The first-order valence-electron chi connectivity index (χ1n) is 6.72. The largest absolute Gasteiger partial charge is 0.392 e. The molecule has 1 fully saturated rings. The van der Waals surface area contributed by atoms with Crippen LogP contribution in [0.5, 0.6) is 0 Å². The van der Waals surface area contributed by atoms with E-state index in [1.165, 1.54) is 38.5 Å². The third-order valence-electron chi connectivity index (χ3n) is 3.45.